The van der Waals surface area contributed by atoms with Gasteiger partial charge < -0.3 is 5.32 Å². The number of likely N-dealkylation sites (N-methyl/N-ethyl adjacent to an activating group) is 1. The zero-order chi connectivity index (χ0) is 15.5. The highest BCUT2D eigenvalue weighted by molar-refractivity contribution is 7.05. The molecule has 1 aromatic heterocycles. The molecule has 0 radical (unpaired) electrons. The topological polar surface area (TPSA) is 37.8 Å². The zero-order valence-electron chi connectivity index (χ0n) is 13.0. The van der Waals surface area contributed by atoms with Gasteiger partial charge in [-0.2, -0.15) is 0 Å². The predicted molar refractivity (Wildman–Crippen MR) is 85.1 cm³/mol. The minimum absolute atomic E-state index is 0.0427. The molecule has 114 valence electrons. The minimum atomic E-state index is -0.157. The Hall–Kier alpha value is -1.33. The first kappa shape index (κ1) is 16.0. The van der Waals surface area contributed by atoms with Crippen molar-refractivity contribution in [3.05, 3.63) is 46.2 Å². The fourth-order valence-electron chi connectivity index (χ4n) is 2.33. The summed E-state index contributed by atoms with van der Waals surface area (Å²) >= 11 is 1.40. The summed E-state index contributed by atoms with van der Waals surface area (Å²) in [5.74, 6) is -0.157. The molecule has 1 atom stereocenters. The number of aromatic nitrogens is 2. The lowest BCUT2D eigenvalue weighted by molar-refractivity contribution is 0.505. The summed E-state index contributed by atoms with van der Waals surface area (Å²) in [6.45, 7) is 9.25. The van der Waals surface area contributed by atoms with Crippen molar-refractivity contribution in [1.29, 1.82) is 0 Å². The van der Waals surface area contributed by atoms with E-state index in [-0.39, 0.29) is 17.3 Å². The molecule has 1 unspecified atom stereocenters. The molecule has 3 nitrogen and oxygen atoms in total. The Kier molecular flexibility index (Phi) is 5.06. The predicted octanol–water partition coefficient (Wildman–Crippen LogP) is 3.87. The molecule has 0 bridgehead atoms. The molecular weight excluding hydrogens is 285 g/mol. The fourth-order valence-corrected chi connectivity index (χ4v) is 3.27. The third kappa shape index (κ3) is 3.86. The van der Waals surface area contributed by atoms with E-state index in [0.29, 0.717) is 6.42 Å². The van der Waals surface area contributed by atoms with Crippen LogP contribution in [-0.4, -0.2) is 16.1 Å². The van der Waals surface area contributed by atoms with Crippen LogP contribution in [0, 0.1) is 5.82 Å². The van der Waals surface area contributed by atoms with Crippen LogP contribution < -0.4 is 5.32 Å². The van der Waals surface area contributed by atoms with Crippen LogP contribution in [0.5, 0.6) is 0 Å². The largest absolute Gasteiger partial charge is 0.309 e. The molecular formula is C16H22FN3S. The van der Waals surface area contributed by atoms with Crippen molar-refractivity contribution in [3.63, 3.8) is 0 Å². The van der Waals surface area contributed by atoms with E-state index >= 15 is 0 Å². The lowest BCUT2D eigenvalue weighted by atomic mass is 9.89. The maximum absolute atomic E-state index is 13.9. The number of hydrogen-bond acceptors (Lipinski definition) is 4. The van der Waals surface area contributed by atoms with Crippen molar-refractivity contribution in [3.8, 4) is 0 Å². The second-order valence-corrected chi connectivity index (χ2v) is 6.93. The van der Waals surface area contributed by atoms with Crippen LogP contribution in [0.25, 0.3) is 0 Å². The molecule has 0 fully saturated rings. The fraction of sp³-hybridized carbons (Fsp3) is 0.500. The molecule has 0 aliphatic carbocycles. The van der Waals surface area contributed by atoms with Gasteiger partial charge in [-0.05, 0) is 36.1 Å². The van der Waals surface area contributed by atoms with Gasteiger partial charge in [0.25, 0.3) is 0 Å². The normalized spacial score (nSPS) is 13.4. The van der Waals surface area contributed by atoms with E-state index in [1.54, 1.807) is 6.07 Å². The van der Waals surface area contributed by atoms with Crippen LogP contribution in [0.1, 0.15) is 49.9 Å². The molecule has 0 spiro atoms. The van der Waals surface area contributed by atoms with Crippen molar-refractivity contribution in [2.45, 2.75) is 45.6 Å². The Bertz CT molecular complexity index is 589. The average molecular weight is 307 g/mol. The van der Waals surface area contributed by atoms with Gasteiger partial charge in [0, 0.05) is 11.5 Å². The summed E-state index contributed by atoms with van der Waals surface area (Å²) in [4.78, 5) is 1.10. The smallest absolute Gasteiger partial charge is 0.126 e. The second-order valence-electron chi connectivity index (χ2n) is 6.14. The highest BCUT2D eigenvalue weighted by Crippen LogP contribution is 2.32. The van der Waals surface area contributed by atoms with Crippen LogP contribution in [0.3, 0.4) is 0 Å². The zero-order valence-corrected chi connectivity index (χ0v) is 13.8. The summed E-state index contributed by atoms with van der Waals surface area (Å²) in [7, 11) is 0. The third-order valence-corrected chi connectivity index (χ3v) is 4.21. The summed E-state index contributed by atoms with van der Waals surface area (Å²) in [6, 6.07) is 6.98. The first-order valence-corrected chi connectivity index (χ1v) is 8.00. The molecule has 2 aromatic rings. The molecule has 0 aliphatic heterocycles. The van der Waals surface area contributed by atoms with Crippen molar-refractivity contribution < 1.29 is 4.39 Å². The Morgan fingerprint density at radius 3 is 2.62 bits per heavy atom. The number of hydrogen-bond donors (Lipinski definition) is 1. The number of nitrogens with zero attached hydrogens (tertiary/aromatic N) is 2. The number of halogens is 1. The monoisotopic (exact) mass is 307 g/mol. The lowest BCUT2D eigenvalue weighted by Gasteiger charge is -2.22. The Morgan fingerprint density at radius 1 is 1.29 bits per heavy atom. The Morgan fingerprint density at radius 2 is 2.00 bits per heavy atom. The van der Waals surface area contributed by atoms with E-state index in [9.17, 15) is 4.39 Å². The number of benzene rings is 1. The first-order chi connectivity index (χ1) is 9.93. The maximum atomic E-state index is 13.9. The van der Waals surface area contributed by atoms with E-state index in [4.69, 9.17) is 0 Å². The van der Waals surface area contributed by atoms with Crippen molar-refractivity contribution in [2.24, 2.45) is 0 Å². The molecule has 2 rings (SSSR count). The van der Waals surface area contributed by atoms with Gasteiger partial charge in [-0.25, -0.2) is 4.39 Å². The summed E-state index contributed by atoms with van der Waals surface area (Å²) in [6.07, 6.45) is 0.605. The quantitative estimate of drug-likeness (QED) is 0.911. The van der Waals surface area contributed by atoms with Crippen molar-refractivity contribution in [1.82, 2.24) is 14.9 Å². The Labute approximate surface area is 129 Å². The van der Waals surface area contributed by atoms with E-state index in [0.717, 1.165) is 22.7 Å². The molecule has 0 saturated heterocycles. The molecule has 1 aromatic carbocycles. The van der Waals surface area contributed by atoms with Gasteiger partial charge in [0.2, 0.25) is 0 Å². The molecule has 1 heterocycles. The lowest BCUT2D eigenvalue weighted by Crippen LogP contribution is -2.26. The highest BCUT2D eigenvalue weighted by atomic mass is 32.1. The van der Waals surface area contributed by atoms with Gasteiger partial charge in [-0.3, -0.25) is 0 Å². The van der Waals surface area contributed by atoms with E-state index in [1.807, 2.05) is 12.1 Å². The van der Waals surface area contributed by atoms with Crippen molar-refractivity contribution >= 4 is 11.5 Å². The highest BCUT2D eigenvalue weighted by Gasteiger charge is 2.27. The standard InChI is InChI=1S/C16H22FN3S/c1-5-18-13(10-11-8-6-7-9-12(11)17)14-15(16(2,3)4)19-20-21-14/h6-9,13,18H,5,10H2,1-4H3. The van der Waals surface area contributed by atoms with E-state index in [1.165, 1.54) is 17.6 Å². The average Bonchev–Trinajstić information content (AvgIpc) is 2.90. The minimum Gasteiger partial charge on any atom is -0.309 e. The molecule has 0 aliphatic rings. The molecule has 0 saturated carbocycles. The SMILES string of the molecule is CCNC(Cc1ccccc1F)c1snnc1C(C)(C)C. The second kappa shape index (κ2) is 6.62. The van der Waals surface area contributed by atoms with E-state index < -0.39 is 0 Å². The first-order valence-electron chi connectivity index (χ1n) is 7.23. The van der Waals surface area contributed by atoms with Crippen LogP contribution in [0.15, 0.2) is 24.3 Å². The van der Waals surface area contributed by atoms with Gasteiger partial charge in [0.05, 0.1) is 10.6 Å². The summed E-state index contributed by atoms with van der Waals surface area (Å²) in [5, 5.41) is 7.73. The van der Waals surface area contributed by atoms with Gasteiger partial charge in [0.15, 0.2) is 0 Å². The van der Waals surface area contributed by atoms with Crippen molar-refractivity contribution in [2.75, 3.05) is 6.54 Å². The van der Waals surface area contributed by atoms with Crippen LogP contribution in [-0.2, 0) is 11.8 Å². The molecule has 5 heteroatoms. The molecule has 1 N–H and O–H groups in total. The third-order valence-electron chi connectivity index (χ3n) is 3.37. The summed E-state index contributed by atoms with van der Waals surface area (Å²) < 4.78 is 18.0. The van der Waals surface area contributed by atoms with E-state index in [2.05, 4.69) is 42.6 Å². The van der Waals surface area contributed by atoms with Crippen LogP contribution in [0.4, 0.5) is 4.39 Å². The number of rotatable bonds is 5. The van der Waals surface area contributed by atoms with Gasteiger partial charge in [-0.1, -0.05) is 50.4 Å². The molecule has 21 heavy (non-hydrogen) atoms. The molecule has 0 amide bonds. The van der Waals surface area contributed by atoms with Gasteiger partial charge in [-0.15, -0.1) is 5.10 Å². The maximum Gasteiger partial charge on any atom is 0.126 e. The van der Waals surface area contributed by atoms with Gasteiger partial charge >= 0.3 is 0 Å². The van der Waals surface area contributed by atoms with Crippen LogP contribution >= 0.6 is 11.5 Å². The Balaban J connectivity index is 2.32. The summed E-state index contributed by atoms with van der Waals surface area (Å²) in [5.41, 5.74) is 1.65. The van der Waals surface area contributed by atoms with Gasteiger partial charge in [0.1, 0.15) is 5.82 Å². The number of nitrogens with one attached hydrogen (secondary N) is 1. The van der Waals surface area contributed by atoms with Crippen LogP contribution in [0.2, 0.25) is 0 Å².